The topological polar surface area (TPSA) is 63.6 Å². The standard InChI is InChI=1S/C26H36O4/c1-16(2)9-8-10-18(5)13-14-26(7)24(28)20(12-11-17(3)4)23-22(25(26)29)21(27)15-19(6)30-23/h9,11,13,19,28H,8,10,12,14-15H2,1-7H3. The number of aliphatic hydroxyl groups is 1. The van der Waals surface area contributed by atoms with Gasteiger partial charge in [-0.3, -0.25) is 9.59 Å². The number of carbonyl (C=O) groups excluding carboxylic acids is 2. The van der Waals surface area contributed by atoms with E-state index in [1.807, 2.05) is 39.8 Å². The van der Waals surface area contributed by atoms with Gasteiger partial charge in [-0.2, -0.15) is 0 Å². The second kappa shape index (κ2) is 9.63. The van der Waals surface area contributed by atoms with Crippen molar-refractivity contribution in [2.75, 3.05) is 0 Å². The van der Waals surface area contributed by atoms with E-state index in [2.05, 4.69) is 19.9 Å². The Morgan fingerprint density at radius 2 is 1.73 bits per heavy atom. The van der Waals surface area contributed by atoms with Crippen LogP contribution in [0.4, 0.5) is 0 Å². The molecule has 0 aromatic heterocycles. The molecule has 0 amide bonds. The van der Waals surface area contributed by atoms with Crippen molar-refractivity contribution in [3.63, 3.8) is 0 Å². The molecule has 0 aromatic rings. The average Bonchev–Trinajstić information content (AvgIpc) is 2.63. The largest absolute Gasteiger partial charge is 0.511 e. The summed E-state index contributed by atoms with van der Waals surface area (Å²) in [5.74, 6) is -0.216. The minimum Gasteiger partial charge on any atom is -0.511 e. The van der Waals surface area contributed by atoms with Gasteiger partial charge < -0.3 is 9.84 Å². The molecule has 1 aliphatic carbocycles. The van der Waals surface area contributed by atoms with Gasteiger partial charge in [-0.25, -0.2) is 0 Å². The van der Waals surface area contributed by atoms with Crippen molar-refractivity contribution in [3.05, 3.63) is 57.6 Å². The highest BCUT2D eigenvalue weighted by Gasteiger charge is 2.49. The van der Waals surface area contributed by atoms with Gasteiger partial charge in [0.05, 0.1) is 5.41 Å². The smallest absolute Gasteiger partial charge is 0.183 e. The summed E-state index contributed by atoms with van der Waals surface area (Å²) in [4.78, 5) is 26.2. The highest BCUT2D eigenvalue weighted by Crippen LogP contribution is 2.46. The molecule has 2 unspecified atom stereocenters. The maximum Gasteiger partial charge on any atom is 0.183 e. The van der Waals surface area contributed by atoms with Crippen molar-refractivity contribution in [1.82, 2.24) is 0 Å². The van der Waals surface area contributed by atoms with E-state index >= 15 is 0 Å². The molecule has 1 heterocycles. The molecule has 0 fully saturated rings. The Labute approximate surface area is 181 Å². The van der Waals surface area contributed by atoms with E-state index in [9.17, 15) is 14.7 Å². The van der Waals surface area contributed by atoms with E-state index in [1.54, 1.807) is 6.92 Å². The van der Waals surface area contributed by atoms with Crippen LogP contribution in [0.3, 0.4) is 0 Å². The van der Waals surface area contributed by atoms with Gasteiger partial charge in [0, 0.05) is 12.0 Å². The van der Waals surface area contributed by atoms with Crippen molar-refractivity contribution in [3.8, 4) is 0 Å². The second-order valence-electron chi connectivity index (χ2n) is 9.31. The first kappa shape index (κ1) is 23.9. The number of allylic oxidation sites excluding steroid dienone is 9. The minimum atomic E-state index is -1.15. The highest BCUT2D eigenvalue weighted by atomic mass is 16.5. The lowest BCUT2D eigenvalue weighted by Crippen LogP contribution is -2.41. The number of aliphatic hydroxyl groups excluding tert-OH is 1. The zero-order valence-electron chi connectivity index (χ0n) is 19.5. The van der Waals surface area contributed by atoms with Crippen molar-refractivity contribution >= 4 is 11.6 Å². The summed E-state index contributed by atoms with van der Waals surface area (Å²) >= 11 is 0. The molecule has 0 spiro atoms. The van der Waals surface area contributed by atoms with Crippen LogP contribution in [0, 0.1) is 5.41 Å². The summed E-state index contributed by atoms with van der Waals surface area (Å²) < 4.78 is 5.91. The molecule has 4 heteroatoms. The molecule has 0 bridgehead atoms. The van der Waals surface area contributed by atoms with Crippen LogP contribution in [0.25, 0.3) is 0 Å². The van der Waals surface area contributed by atoms with Crippen LogP contribution in [0.15, 0.2) is 57.6 Å². The normalized spacial score (nSPS) is 24.5. The summed E-state index contributed by atoms with van der Waals surface area (Å²) in [6.07, 6.45) is 8.72. The van der Waals surface area contributed by atoms with Crippen LogP contribution in [0.1, 0.15) is 80.6 Å². The summed E-state index contributed by atoms with van der Waals surface area (Å²) in [6.45, 7) is 13.7. The monoisotopic (exact) mass is 412 g/mol. The quantitative estimate of drug-likeness (QED) is 0.385. The fraction of sp³-hybridized carbons (Fsp3) is 0.538. The minimum absolute atomic E-state index is 0.0269. The summed E-state index contributed by atoms with van der Waals surface area (Å²) in [5.41, 5.74) is 3.08. The molecule has 0 aromatic carbocycles. The van der Waals surface area contributed by atoms with Crippen molar-refractivity contribution in [2.45, 2.75) is 86.7 Å². The van der Waals surface area contributed by atoms with Gasteiger partial charge in [0.1, 0.15) is 23.2 Å². The summed E-state index contributed by atoms with van der Waals surface area (Å²) in [6, 6.07) is 0. The molecular formula is C26H36O4. The lowest BCUT2D eigenvalue weighted by atomic mass is 9.69. The van der Waals surface area contributed by atoms with E-state index in [-0.39, 0.29) is 41.2 Å². The van der Waals surface area contributed by atoms with Crippen LogP contribution >= 0.6 is 0 Å². The molecule has 164 valence electrons. The predicted molar refractivity (Wildman–Crippen MR) is 121 cm³/mol. The van der Waals surface area contributed by atoms with Crippen molar-refractivity contribution in [1.29, 1.82) is 0 Å². The Morgan fingerprint density at radius 1 is 1.10 bits per heavy atom. The number of Topliss-reactive ketones (excluding diaryl/α,β-unsaturated/α-hetero) is 2. The number of hydrogen-bond donors (Lipinski definition) is 1. The molecule has 30 heavy (non-hydrogen) atoms. The fourth-order valence-corrected chi connectivity index (χ4v) is 3.82. The maximum absolute atomic E-state index is 13.4. The van der Waals surface area contributed by atoms with Crippen LogP contribution in [0.5, 0.6) is 0 Å². The molecular weight excluding hydrogens is 376 g/mol. The van der Waals surface area contributed by atoms with Crippen LogP contribution < -0.4 is 0 Å². The zero-order chi connectivity index (χ0) is 22.6. The fourth-order valence-electron chi connectivity index (χ4n) is 3.82. The van der Waals surface area contributed by atoms with Gasteiger partial charge in [0.15, 0.2) is 11.6 Å². The predicted octanol–water partition coefficient (Wildman–Crippen LogP) is 6.46. The third-order valence-electron chi connectivity index (χ3n) is 5.77. The molecule has 0 radical (unpaired) electrons. The molecule has 2 atom stereocenters. The van der Waals surface area contributed by atoms with Gasteiger partial charge in [-0.1, -0.05) is 34.9 Å². The Bertz CT molecular complexity index is 871. The van der Waals surface area contributed by atoms with Crippen LogP contribution in [0.2, 0.25) is 0 Å². The lowest BCUT2D eigenvalue weighted by Gasteiger charge is -2.37. The van der Waals surface area contributed by atoms with Gasteiger partial charge >= 0.3 is 0 Å². The Hall–Kier alpha value is -2.36. The van der Waals surface area contributed by atoms with Crippen molar-refractivity contribution < 1.29 is 19.4 Å². The number of ether oxygens (including phenoxy) is 1. The SMILES string of the molecule is CC(C)=CCCC(C)=CCC1(C)C(=O)C2=C(OC(C)CC2=O)C(CC=C(C)C)=C1O. The lowest BCUT2D eigenvalue weighted by molar-refractivity contribution is -0.130. The molecule has 0 saturated carbocycles. The first-order valence-corrected chi connectivity index (χ1v) is 10.8. The average molecular weight is 413 g/mol. The molecule has 2 rings (SSSR count). The van der Waals surface area contributed by atoms with Gasteiger partial charge in [-0.15, -0.1) is 0 Å². The van der Waals surface area contributed by atoms with Gasteiger partial charge in [-0.05, 0) is 74.1 Å². The molecule has 0 saturated heterocycles. The Morgan fingerprint density at radius 3 is 2.33 bits per heavy atom. The maximum atomic E-state index is 13.4. The third-order valence-corrected chi connectivity index (χ3v) is 5.77. The van der Waals surface area contributed by atoms with E-state index in [0.717, 1.165) is 18.4 Å². The first-order valence-electron chi connectivity index (χ1n) is 10.8. The number of rotatable bonds is 7. The van der Waals surface area contributed by atoms with Crippen LogP contribution in [-0.2, 0) is 14.3 Å². The van der Waals surface area contributed by atoms with E-state index in [4.69, 9.17) is 4.74 Å². The van der Waals surface area contributed by atoms with E-state index < -0.39 is 5.41 Å². The van der Waals surface area contributed by atoms with Crippen molar-refractivity contribution in [2.24, 2.45) is 5.41 Å². The van der Waals surface area contributed by atoms with Crippen LogP contribution in [-0.4, -0.2) is 22.8 Å². The number of hydrogen-bond acceptors (Lipinski definition) is 4. The Kier molecular flexibility index (Phi) is 7.68. The second-order valence-corrected chi connectivity index (χ2v) is 9.31. The number of ketones is 2. The summed E-state index contributed by atoms with van der Waals surface area (Å²) in [5, 5.41) is 11.2. The first-order chi connectivity index (χ1) is 14.0. The molecule has 2 aliphatic rings. The third kappa shape index (κ3) is 5.21. The highest BCUT2D eigenvalue weighted by molar-refractivity contribution is 6.24. The number of carbonyl (C=O) groups is 2. The van der Waals surface area contributed by atoms with E-state index in [0.29, 0.717) is 18.4 Å². The van der Waals surface area contributed by atoms with E-state index in [1.165, 1.54) is 11.1 Å². The van der Waals surface area contributed by atoms with Gasteiger partial charge in [0.2, 0.25) is 0 Å². The Balaban J connectivity index is 2.44. The summed E-state index contributed by atoms with van der Waals surface area (Å²) in [7, 11) is 0. The van der Waals surface area contributed by atoms with Gasteiger partial charge in [0.25, 0.3) is 0 Å². The molecule has 1 N–H and O–H groups in total. The molecule has 4 nitrogen and oxygen atoms in total. The zero-order valence-corrected chi connectivity index (χ0v) is 19.5. The molecule has 1 aliphatic heterocycles.